The van der Waals surface area contributed by atoms with Crippen LogP contribution in [0.4, 0.5) is 17.1 Å². The Bertz CT molecular complexity index is 1400. The van der Waals surface area contributed by atoms with E-state index < -0.39 is 35.2 Å². The molecule has 3 aromatic carbocycles. The van der Waals surface area contributed by atoms with E-state index in [0.29, 0.717) is 17.0 Å². The van der Waals surface area contributed by atoms with Crippen molar-refractivity contribution in [2.75, 3.05) is 26.1 Å². The summed E-state index contributed by atoms with van der Waals surface area (Å²) in [6.45, 7) is 3.07. The molecule has 0 aliphatic heterocycles. The SMILES string of the molecule is C=Cc1ccc(C(O)OCC(O)=C(N=Nc2ccc([N+](=O)[O-])cc2OC)C(=O)Nc2ccccc2OC)cc1. The Labute approximate surface area is 223 Å². The lowest BCUT2D eigenvalue weighted by Gasteiger charge is -2.14. The Hall–Kier alpha value is -5.07. The maximum atomic E-state index is 13.1. The van der Waals surface area contributed by atoms with E-state index in [1.54, 1.807) is 54.6 Å². The average Bonchev–Trinajstić information content (AvgIpc) is 2.96. The lowest BCUT2D eigenvalue weighted by molar-refractivity contribution is -0.384. The third-order valence-corrected chi connectivity index (χ3v) is 5.31. The Morgan fingerprint density at radius 1 is 1.10 bits per heavy atom. The maximum Gasteiger partial charge on any atom is 0.279 e. The quantitative estimate of drug-likeness (QED) is 0.0688. The predicted molar refractivity (Wildman–Crippen MR) is 143 cm³/mol. The molecule has 202 valence electrons. The van der Waals surface area contributed by atoms with Crippen molar-refractivity contribution in [1.29, 1.82) is 0 Å². The van der Waals surface area contributed by atoms with Crippen LogP contribution < -0.4 is 14.8 Å². The molecule has 1 atom stereocenters. The van der Waals surface area contributed by atoms with E-state index in [1.807, 2.05) is 0 Å². The first-order valence-corrected chi connectivity index (χ1v) is 11.4. The zero-order chi connectivity index (χ0) is 28.4. The fraction of sp³-hybridized carbons (Fsp3) is 0.148. The molecule has 12 nitrogen and oxygen atoms in total. The number of aliphatic hydroxyl groups is 2. The first-order chi connectivity index (χ1) is 18.8. The van der Waals surface area contributed by atoms with Gasteiger partial charge in [-0.15, -0.1) is 10.2 Å². The lowest BCUT2D eigenvalue weighted by atomic mass is 10.1. The molecule has 1 amide bonds. The summed E-state index contributed by atoms with van der Waals surface area (Å²) in [6.07, 6.45) is 0.222. The Morgan fingerprint density at radius 2 is 1.79 bits per heavy atom. The van der Waals surface area contributed by atoms with Crippen LogP contribution in [0.3, 0.4) is 0 Å². The molecule has 0 aromatic heterocycles. The summed E-state index contributed by atoms with van der Waals surface area (Å²) in [5.74, 6) is -1.14. The highest BCUT2D eigenvalue weighted by Crippen LogP contribution is 2.32. The molecule has 0 spiro atoms. The number of hydrogen-bond acceptors (Lipinski definition) is 10. The van der Waals surface area contributed by atoms with Crippen molar-refractivity contribution in [2.24, 2.45) is 10.2 Å². The monoisotopic (exact) mass is 534 g/mol. The van der Waals surface area contributed by atoms with Crippen molar-refractivity contribution < 1.29 is 34.1 Å². The number of nitrogens with zero attached hydrogens (tertiary/aromatic N) is 3. The molecule has 0 fully saturated rings. The fourth-order valence-electron chi connectivity index (χ4n) is 3.25. The van der Waals surface area contributed by atoms with Crippen molar-refractivity contribution in [2.45, 2.75) is 6.29 Å². The molecule has 3 rings (SSSR count). The number of rotatable bonds is 12. The van der Waals surface area contributed by atoms with Crippen LogP contribution in [0.15, 0.2) is 95.0 Å². The minimum absolute atomic E-state index is 0.0200. The van der Waals surface area contributed by atoms with Gasteiger partial charge in [0.15, 0.2) is 23.5 Å². The molecule has 0 saturated carbocycles. The van der Waals surface area contributed by atoms with E-state index in [9.17, 15) is 25.1 Å². The second kappa shape index (κ2) is 13.5. The molecule has 0 bridgehead atoms. The summed E-state index contributed by atoms with van der Waals surface area (Å²) in [5.41, 5.74) is 0.817. The molecule has 0 radical (unpaired) electrons. The number of hydrogen-bond donors (Lipinski definition) is 3. The molecule has 39 heavy (non-hydrogen) atoms. The predicted octanol–water partition coefficient (Wildman–Crippen LogP) is 5.45. The van der Waals surface area contributed by atoms with Crippen LogP contribution in [0.5, 0.6) is 11.5 Å². The van der Waals surface area contributed by atoms with Gasteiger partial charge in [-0.1, -0.05) is 49.1 Å². The zero-order valence-corrected chi connectivity index (χ0v) is 21.1. The van der Waals surface area contributed by atoms with E-state index in [0.717, 1.165) is 11.6 Å². The number of azo groups is 1. The number of methoxy groups -OCH3 is 2. The molecule has 1 unspecified atom stereocenters. The van der Waals surface area contributed by atoms with E-state index in [-0.39, 0.29) is 17.1 Å². The van der Waals surface area contributed by atoms with Crippen molar-refractivity contribution >= 4 is 29.0 Å². The minimum atomic E-state index is -1.42. The number of nitro groups is 1. The summed E-state index contributed by atoms with van der Waals surface area (Å²) >= 11 is 0. The molecular formula is C27H26N4O8. The third kappa shape index (κ3) is 7.47. The van der Waals surface area contributed by atoms with E-state index in [2.05, 4.69) is 22.1 Å². The van der Waals surface area contributed by atoms with Gasteiger partial charge in [0.05, 0.1) is 30.9 Å². The van der Waals surface area contributed by atoms with Gasteiger partial charge in [0.25, 0.3) is 11.6 Å². The van der Waals surface area contributed by atoms with Gasteiger partial charge in [0.1, 0.15) is 18.0 Å². The molecule has 0 heterocycles. The van der Waals surface area contributed by atoms with Gasteiger partial charge in [0.2, 0.25) is 0 Å². The second-order valence-electron chi connectivity index (χ2n) is 7.80. The van der Waals surface area contributed by atoms with E-state index >= 15 is 0 Å². The van der Waals surface area contributed by atoms with Crippen LogP contribution in [0, 0.1) is 10.1 Å². The summed E-state index contributed by atoms with van der Waals surface area (Å²) < 4.78 is 15.7. The average molecular weight is 535 g/mol. The Morgan fingerprint density at radius 3 is 2.44 bits per heavy atom. The van der Waals surface area contributed by atoms with Crippen LogP contribution in [0.25, 0.3) is 6.08 Å². The molecule has 12 heteroatoms. The standard InChI is InChI=1S/C27H26N4O8/c1-4-17-9-11-18(12-10-17)27(34)39-16-22(32)25(26(33)28-20-7-5-6-8-23(20)37-2)30-29-21-14-13-19(31(35)36)15-24(21)38-3/h4-15,27,32,34H,1,16H2,2-3H3,(H,28,33). The highest BCUT2D eigenvalue weighted by molar-refractivity contribution is 6.04. The van der Waals surface area contributed by atoms with Crippen LogP contribution in [0.1, 0.15) is 17.4 Å². The maximum absolute atomic E-state index is 13.1. The second-order valence-corrected chi connectivity index (χ2v) is 7.80. The zero-order valence-electron chi connectivity index (χ0n) is 21.1. The summed E-state index contributed by atoms with van der Waals surface area (Å²) in [6, 6.07) is 16.9. The number of anilines is 1. The molecule has 3 aromatic rings. The number of nitrogens with one attached hydrogen (secondary N) is 1. The van der Waals surface area contributed by atoms with Gasteiger partial charge in [-0.2, -0.15) is 0 Å². The molecule has 3 N–H and O–H groups in total. The fourth-order valence-corrected chi connectivity index (χ4v) is 3.25. The third-order valence-electron chi connectivity index (χ3n) is 5.31. The van der Waals surface area contributed by atoms with Gasteiger partial charge in [-0.25, -0.2) is 0 Å². The number of nitro benzene ring substituents is 1. The first-order valence-electron chi connectivity index (χ1n) is 11.4. The van der Waals surface area contributed by atoms with Crippen LogP contribution >= 0.6 is 0 Å². The van der Waals surface area contributed by atoms with Crippen LogP contribution in [-0.4, -0.2) is 41.9 Å². The highest BCUT2D eigenvalue weighted by atomic mass is 16.6. The van der Waals surface area contributed by atoms with Gasteiger partial charge in [-0.05, 0) is 23.8 Å². The number of para-hydroxylation sites is 2. The Kier molecular flexibility index (Phi) is 9.84. The van der Waals surface area contributed by atoms with Crippen molar-refractivity contribution in [3.05, 3.63) is 106 Å². The number of aliphatic hydroxyl groups excluding tert-OH is 2. The number of non-ortho nitro benzene ring substituents is 1. The number of ether oxygens (including phenoxy) is 3. The Balaban J connectivity index is 1.91. The van der Waals surface area contributed by atoms with Gasteiger partial charge >= 0.3 is 0 Å². The van der Waals surface area contributed by atoms with E-state index in [4.69, 9.17) is 14.2 Å². The lowest BCUT2D eigenvalue weighted by Crippen LogP contribution is -2.17. The molecule has 0 aliphatic rings. The van der Waals surface area contributed by atoms with E-state index in [1.165, 1.54) is 26.4 Å². The van der Waals surface area contributed by atoms with Gasteiger partial charge < -0.3 is 29.7 Å². The van der Waals surface area contributed by atoms with Gasteiger partial charge in [-0.3, -0.25) is 14.9 Å². The number of benzene rings is 3. The summed E-state index contributed by atoms with van der Waals surface area (Å²) in [7, 11) is 2.72. The van der Waals surface area contributed by atoms with Gasteiger partial charge in [0, 0.05) is 11.6 Å². The first kappa shape index (κ1) is 28.5. The highest BCUT2D eigenvalue weighted by Gasteiger charge is 2.20. The van der Waals surface area contributed by atoms with Crippen LogP contribution in [0.2, 0.25) is 0 Å². The van der Waals surface area contributed by atoms with Crippen molar-refractivity contribution in [1.82, 2.24) is 0 Å². The summed E-state index contributed by atoms with van der Waals surface area (Å²) in [4.78, 5) is 23.6. The smallest absolute Gasteiger partial charge is 0.279 e. The molecule has 0 saturated heterocycles. The number of amides is 1. The molecular weight excluding hydrogens is 508 g/mol. The number of carbonyl (C=O) groups excluding carboxylic acids is 1. The van der Waals surface area contributed by atoms with Crippen molar-refractivity contribution in [3.63, 3.8) is 0 Å². The minimum Gasteiger partial charge on any atom is -0.507 e. The number of carbonyl (C=O) groups is 1. The normalized spacial score (nSPS) is 12.4. The largest absolute Gasteiger partial charge is 0.507 e. The van der Waals surface area contributed by atoms with Crippen LogP contribution in [-0.2, 0) is 9.53 Å². The topological polar surface area (TPSA) is 165 Å². The van der Waals surface area contributed by atoms with Crippen molar-refractivity contribution in [3.8, 4) is 11.5 Å². The summed E-state index contributed by atoms with van der Waals surface area (Å²) in [5, 5.41) is 42.6. The molecule has 0 aliphatic carbocycles.